The Hall–Kier alpha value is -7.42. The number of nitrogens with zero attached hydrogens (tertiary/aromatic N) is 1. The van der Waals surface area contributed by atoms with Gasteiger partial charge in [0.1, 0.15) is 11.9 Å². The molecule has 0 spiro atoms. The Morgan fingerprint density at radius 1 is 0.414 bits per heavy atom. The molecule has 274 valence electrons. The van der Waals surface area contributed by atoms with Gasteiger partial charge in [-0.3, -0.25) is 0 Å². The molecule has 2 aliphatic rings. The third kappa shape index (κ3) is 6.07. The van der Waals surface area contributed by atoms with E-state index >= 15 is 0 Å². The van der Waals surface area contributed by atoms with Crippen LogP contribution in [0.4, 0.5) is 17.1 Å². The summed E-state index contributed by atoms with van der Waals surface area (Å²) in [5.74, 6) is 1.14. The van der Waals surface area contributed by atoms with Gasteiger partial charge in [-0.05, 0) is 104 Å². The van der Waals surface area contributed by atoms with Crippen LogP contribution in [0.1, 0.15) is 17.0 Å². The first-order valence-electron chi connectivity index (χ1n) is 20.1. The van der Waals surface area contributed by atoms with E-state index in [0.29, 0.717) is 0 Å². The van der Waals surface area contributed by atoms with Crippen molar-refractivity contribution in [2.24, 2.45) is 0 Å². The second-order valence-corrected chi connectivity index (χ2v) is 15.2. The summed E-state index contributed by atoms with van der Waals surface area (Å²) >= 11 is 0. The standard InChI is InChI=1S/C56H39NO/c1-2-11-38(12-3-1)40-23-29-48(30-24-40)57(49-31-25-41(26-32-49)44-16-10-17-45(35-44)46-22-21-39-13-4-5-15-43(39)36-46)54-20-9-8-18-50(54)47-28-34-55-53(37-47)52-33-27-42-14-6-7-19-51(42)56(52)58-55/h1-37,53,55H. The van der Waals surface area contributed by atoms with E-state index in [1.54, 1.807) is 0 Å². The molecule has 9 aromatic rings. The molecular weight excluding hydrogens is 703 g/mol. The molecule has 2 atom stereocenters. The summed E-state index contributed by atoms with van der Waals surface area (Å²) in [5.41, 5.74) is 14.1. The van der Waals surface area contributed by atoms with Gasteiger partial charge in [0.2, 0.25) is 0 Å². The molecule has 0 bridgehead atoms. The monoisotopic (exact) mass is 741 g/mol. The van der Waals surface area contributed by atoms with Gasteiger partial charge in [0.25, 0.3) is 0 Å². The maximum atomic E-state index is 6.63. The van der Waals surface area contributed by atoms with Crippen molar-refractivity contribution in [3.63, 3.8) is 0 Å². The molecule has 0 fully saturated rings. The number of rotatable bonds is 7. The van der Waals surface area contributed by atoms with Crippen LogP contribution in [-0.4, -0.2) is 6.10 Å². The lowest BCUT2D eigenvalue weighted by molar-refractivity contribution is 0.272. The van der Waals surface area contributed by atoms with Gasteiger partial charge in [0, 0.05) is 33.8 Å². The van der Waals surface area contributed by atoms with Crippen molar-refractivity contribution in [3.05, 3.63) is 236 Å². The summed E-state index contributed by atoms with van der Waals surface area (Å²) in [4.78, 5) is 2.40. The van der Waals surface area contributed by atoms with E-state index in [1.165, 1.54) is 71.6 Å². The lowest BCUT2D eigenvalue weighted by Crippen LogP contribution is -2.18. The number of hydrogen-bond donors (Lipinski definition) is 0. The van der Waals surface area contributed by atoms with Crippen LogP contribution in [0.25, 0.3) is 60.5 Å². The predicted molar refractivity (Wildman–Crippen MR) is 243 cm³/mol. The van der Waals surface area contributed by atoms with Crippen LogP contribution in [0.15, 0.2) is 224 Å². The number of para-hydroxylation sites is 1. The first kappa shape index (κ1) is 33.9. The zero-order chi connectivity index (χ0) is 38.4. The number of hydrogen-bond acceptors (Lipinski definition) is 2. The molecule has 0 saturated heterocycles. The van der Waals surface area contributed by atoms with Gasteiger partial charge in [-0.15, -0.1) is 0 Å². The Balaban J connectivity index is 0.982. The summed E-state index contributed by atoms with van der Waals surface area (Å²) in [6, 6.07) is 74.5. The maximum Gasteiger partial charge on any atom is 0.132 e. The van der Waals surface area contributed by atoms with Crippen molar-refractivity contribution in [2.75, 3.05) is 4.90 Å². The molecule has 0 amide bonds. The molecule has 2 unspecified atom stereocenters. The number of ether oxygens (including phenoxy) is 1. The van der Waals surface area contributed by atoms with Crippen LogP contribution in [-0.2, 0) is 0 Å². The third-order valence-electron chi connectivity index (χ3n) is 11.8. The van der Waals surface area contributed by atoms with E-state index in [2.05, 4.69) is 229 Å². The lowest BCUT2D eigenvalue weighted by Gasteiger charge is -2.29. The summed E-state index contributed by atoms with van der Waals surface area (Å²) in [5, 5.41) is 4.88. The minimum absolute atomic E-state index is 0.0226. The highest BCUT2D eigenvalue weighted by Gasteiger charge is 2.35. The Labute approximate surface area is 339 Å². The van der Waals surface area contributed by atoms with Gasteiger partial charge in [0.05, 0.1) is 5.69 Å². The number of anilines is 3. The van der Waals surface area contributed by atoms with Crippen LogP contribution in [0.2, 0.25) is 0 Å². The summed E-state index contributed by atoms with van der Waals surface area (Å²) in [6.45, 7) is 0. The SMILES string of the molecule is C1=CC2Oc3c(ccc4ccccc34)C2C=C1c1ccccc1N(c1ccc(-c2ccccc2)cc1)c1ccc(-c2cccc(-c3ccc4ccccc4c3)c2)cc1. The molecule has 1 heterocycles. The van der Waals surface area contributed by atoms with Crippen molar-refractivity contribution in [1.29, 1.82) is 0 Å². The number of fused-ring (bicyclic) bond motifs is 6. The zero-order valence-corrected chi connectivity index (χ0v) is 31.9. The molecule has 9 aromatic carbocycles. The quantitative estimate of drug-likeness (QED) is 0.161. The van der Waals surface area contributed by atoms with Crippen molar-refractivity contribution in [1.82, 2.24) is 0 Å². The Morgan fingerprint density at radius 3 is 1.78 bits per heavy atom. The molecule has 1 aliphatic heterocycles. The second-order valence-electron chi connectivity index (χ2n) is 15.2. The van der Waals surface area contributed by atoms with Crippen molar-refractivity contribution in [2.45, 2.75) is 12.0 Å². The highest BCUT2D eigenvalue weighted by molar-refractivity contribution is 5.94. The highest BCUT2D eigenvalue weighted by atomic mass is 16.5. The Kier molecular flexibility index (Phi) is 8.33. The fraction of sp³-hybridized carbons (Fsp3) is 0.0357. The molecule has 2 nitrogen and oxygen atoms in total. The van der Waals surface area contributed by atoms with E-state index < -0.39 is 0 Å². The number of benzene rings is 9. The van der Waals surface area contributed by atoms with E-state index in [-0.39, 0.29) is 12.0 Å². The minimum atomic E-state index is -0.0226. The fourth-order valence-corrected chi connectivity index (χ4v) is 8.83. The molecule has 2 heteroatoms. The van der Waals surface area contributed by atoms with Crippen molar-refractivity contribution < 1.29 is 4.74 Å². The van der Waals surface area contributed by atoms with Crippen LogP contribution >= 0.6 is 0 Å². The molecule has 0 saturated carbocycles. The van der Waals surface area contributed by atoms with E-state index in [1.807, 2.05) is 0 Å². The normalized spacial score (nSPS) is 15.4. The fourth-order valence-electron chi connectivity index (χ4n) is 8.83. The van der Waals surface area contributed by atoms with Crippen LogP contribution < -0.4 is 9.64 Å². The molecule has 58 heavy (non-hydrogen) atoms. The molecular formula is C56H39NO. The molecule has 1 aliphatic carbocycles. The molecule has 11 rings (SSSR count). The molecule has 0 aromatic heterocycles. The Morgan fingerprint density at radius 2 is 0.983 bits per heavy atom. The summed E-state index contributed by atoms with van der Waals surface area (Å²) in [6.07, 6.45) is 6.87. The highest BCUT2D eigenvalue weighted by Crippen LogP contribution is 2.48. The Bertz CT molecular complexity index is 3030. The lowest BCUT2D eigenvalue weighted by atomic mass is 9.85. The minimum Gasteiger partial charge on any atom is -0.484 e. The van der Waals surface area contributed by atoms with Gasteiger partial charge >= 0.3 is 0 Å². The predicted octanol–water partition coefficient (Wildman–Crippen LogP) is 15.0. The first-order chi connectivity index (χ1) is 28.7. The van der Waals surface area contributed by atoms with Gasteiger partial charge in [-0.2, -0.15) is 0 Å². The average Bonchev–Trinajstić information content (AvgIpc) is 3.69. The van der Waals surface area contributed by atoms with Crippen molar-refractivity contribution in [3.8, 4) is 39.1 Å². The van der Waals surface area contributed by atoms with E-state index in [4.69, 9.17) is 4.74 Å². The van der Waals surface area contributed by atoms with Crippen molar-refractivity contribution >= 4 is 44.2 Å². The van der Waals surface area contributed by atoms with Gasteiger partial charge in [-0.1, -0.05) is 176 Å². The maximum absolute atomic E-state index is 6.63. The molecule has 0 N–H and O–H groups in total. The zero-order valence-electron chi connectivity index (χ0n) is 31.9. The average molecular weight is 742 g/mol. The van der Waals surface area contributed by atoms with E-state index in [9.17, 15) is 0 Å². The topological polar surface area (TPSA) is 12.5 Å². The smallest absolute Gasteiger partial charge is 0.132 e. The van der Waals surface area contributed by atoms with Gasteiger partial charge in [-0.25, -0.2) is 0 Å². The first-order valence-corrected chi connectivity index (χ1v) is 20.1. The second kappa shape index (κ2) is 14.3. The third-order valence-corrected chi connectivity index (χ3v) is 11.8. The van der Waals surface area contributed by atoms with Gasteiger partial charge in [0.15, 0.2) is 0 Å². The van der Waals surface area contributed by atoms with Gasteiger partial charge < -0.3 is 9.64 Å². The van der Waals surface area contributed by atoms with Crippen LogP contribution in [0.5, 0.6) is 5.75 Å². The largest absolute Gasteiger partial charge is 0.484 e. The van der Waals surface area contributed by atoms with E-state index in [0.717, 1.165) is 22.8 Å². The van der Waals surface area contributed by atoms with Crippen LogP contribution in [0, 0.1) is 0 Å². The van der Waals surface area contributed by atoms with Crippen LogP contribution in [0.3, 0.4) is 0 Å². The summed E-state index contributed by atoms with van der Waals surface area (Å²) < 4.78 is 6.63. The molecule has 0 radical (unpaired) electrons. The summed E-state index contributed by atoms with van der Waals surface area (Å²) in [7, 11) is 0. The number of allylic oxidation sites excluding steroid dienone is 2.